The largest absolute Gasteiger partial charge is 0.476 e. The highest BCUT2D eigenvalue weighted by Crippen LogP contribution is 2.19. The molecule has 2 aromatic rings. The van der Waals surface area contributed by atoms with Crippen LogP contribution in [0.3, 0.4) is 0 Å². The first-order chi connectivity index (χ1) is 9.51. The number of rotatable bonds is 5. The molecule has 1 atom stereocenters. The highest BCUT2D eigenvalue weighted by Gasteiger charge is 2.18. The molecule has 1 amide bonds. The van der Waals surface area contributed by atoms with Gasteiger partial charge in [-0.05, 0) is 19.1 Å². The summed E-state index contributed by atoms with van der Waals surface area (Å²) in [6.07, 6.45) is 0.720. The lowest BCUT2D eigenvalue weighted by Gasteiger charge is -2.09. The van der Waals surface area contributed by atoms with Crippen LogP contribution in [-0.4, -0.2) is 22.0 Å². The Morgan fingerprint density at radius 3 is 2.80 bits per heavy atom. The number of carbonyl (C=O) groups is 2. The van der Waals surface area contributed by atoms with Crippen molar-refractivity contribution in [2.75, 3.05) is 0 Å². The molecule has 0 saturated carbocycles. The minimum Gasteiger partial charge on any atom is -0.476 e. The molecule has 106 valence electrons. The van der Waals surface area contributed by atoms with Crippen LogP contribution in [-0.2, 0) is 6.42 Å². The van der Waals surface area contributed by atoms with Gasteiger partial charge >= 0.3 is 5.97 Å². The van der Waals surface area contributed by atoms with Crippen LogP contribution in [0.4, 0.5) is 0 Å². The molecule has 1 unspecified atom stereocenters. The van der Waals surface area contributed by atoms with E-state index in [0.717, 1.165) is 12.2 Å². The third kappa shape index (κ3) is 3.05. The molecule has 7 heteroatoms. The second kappa shape index (κ2) is 5.87. The Balaban J connectivity index is 2.04. The number of furan rings is 1. The Morgan fingerprint density at radius 2 is 2.25 bits per heavy atom. The van der Waals surface area contributed by atoms with E-state index in [-0.39, 0.29) is 23.4 Å². The van der Waals surface area contributed by atoms with Gasteiger partial charge in [0.05, 0.1) is 6.04 Å². The number of carboxylic acids is 1. The van der Waals surface area contributed by atoms with Gasteiger partial charge in [0.1, 0.15) is 10.8 Å². The van der Waals surface area contributed by atoms with E-state index < -0.39 is 5.97 Å². The summed E-state index contributed by atoms with van der Waals surface area (Å²) in [5.41, 5.74) is -0.0163. The highest BCUT2D eigenvalue weighted by molar-refractivity contribution is 7.09. The molecule has 2 N–H and O–H groups in total. The number of aromatic nitrogens is 1. The number of carbonyl (C=O) groups excluding carboxylic acids is 1. The van der Waals surface area contributed by atoms with E-state index in [2.05, 4.69) is 10.3 Å². The van der Waals surface area contributed by atoms with Crippen molar-refractivity contribution in [1.29, 1.82) is 0 Å². The smallest absolute Gasteiger partial charge is 0.355 e. The van der Waals surface area contributed by atoms with Crippen LogP contribution in [0.1, 0.15) is 51.7 Å². The van der Waals surface area contributed by atoms with Gasteiger partial charge in [-0.25, -0.2) is 9.78 Å². The Kier molecular flexibility index (Phi) is 4.19. The molecule has 6 nitrogen and oxygen atoms in total. The Labute approximate surface area is 119 Å². The van der Waals surface area contributed by atoms with E-state index in [1.165, 1.54) is 16.7 Å². The minimum absolute atomic E-state index is 0.0163. The van der Waals surface area contributed by atoms with Crippen LogP contribution >= 0.6 is 11.3 Å². The number of thiazole rings is 1. The predicted octanol–water partition coefficient (Wildman–Crippen LogP) is 2.49. The van der Waals surface area contributed by atoms with Crippen molar-refractivity contribution in [2.24, 2.45) is 0 Å². The van der Waals surface area contributed by atoms with Crippen LogP contribution in [0.2, 0.25) is 0 Å². The van der Waals surface area contributed by atoms with Crippen molar-refractivity contribution in [3.8, 4) is 0 Å². The Morgan fingerprint density at radius 1 is 1.50 bits per heavy atom. The molecular weight excluding hydrogens is 280 g/mol. The van der Waals surface area contributed by atoms with E-state index in [1.54, 1.807) is 19.1 Å². The van der Waals surface area contributed by atoms with Gasteiger partial charge < -0.3 is 14.8 Å². The fraction of sp³-hybridized carbons (Fsp3) is 0.308. The first-order valence-corrected chi connectivity index (χ1v) is 6.97. The summed E-state index contributed by atoms with van der Waals surface area (Å²) >= 11 is 1.20. The van der Waals surface area contributed by atoms with Gasteiger partial charge in [0.2, 0.25) is 0 Å². The van der Waals surface area contributed by atoms with Crippen LogP contribution in [0.15, 0.2) is 21.9 Å². The predicted molar refractivity (Wildman–Crippen MR) is 73.0 cm³/mol. The molecule has 2 rings (SSSR count). The summed E-state index contributed by atoms with van der Waals surface area (Å²) in [6.45, 7) is 3.68. The van der Waals surface area contributed by atoms with Crippen molar-refractivity contribution in [1.82, 2.24) is 10.3 Å². The maximum atomic E-state index is 12.0. The average Bonchev–Trinajstić information content (AvgIpc) is 3.07. The van der Waals surface area contributed by atoms with Gasteiger partial charge in [-0.3, -0.25) is 4.79 Å². The number of nitrogens with one attached hydrogen (secondary N) is 1. The standard InChI is InChI=1S/C13H14N2O4S/c1-3-8-4-5-10(19-8)11(16)14-7(2)12-15-9(6-20-12)13(17)18/h4-7H,3H2,1-2H3,(H,14,16)(H,17,18). The van der Waals surface area contributed by atoms with Crippen molar-refractivity contribution >= 4 is 23.2 Å². The molecule has 0 aliphatic carbocycles. The number of carboxylic acid groups (broad SMARTS) is 1. The summed E-state index contributed by atoms with van der Waals surface area (Å²) < 4.78 is 5.35. The molecule has 20 heavy (non-hydrogen) atoms. The van der Waals surface area contributed by atoms with Crippen LogP contribution in [0, 0.1) is 0 Å². The number of aromatic carboxylic acids is 1. The molecule has 0 fully saturated rings. The third-order valence-electron chi connectivity index (χ3n) is 2.69. The van der Waals surface area contributed by atoms with E-state index in [1.807, 2.05) is 6.92 Å². The maximum Gasteiger partial charge on any atom is 0.355 e. The summed E-state index contributed by atoms with van der Waals surface area (Å²) in [6, 6.07) is 2.99. The fourth-order valence-electron chi connectivity index (χ4n) is 1.60. The van der Waals surface area contributed by atoms with Crippen molar-refractivity contribution in [2.45, 2.75) is 26.3 Å². The van der Waals surface area contributed by atoms with Gasteiger partial charge in [-0.1, -0.05) is 6.92 Å². The summed E-state index contributed by atoms with van der Waals surface area (Å²) in [5, 5.41) is 13.5. The van der Waals surface area contributed by atoms with Gasteiger partial charge in [0.25, 0.3) is 5.91 Å². The molecule has 0 aliphatic heterocycles. The molecule has 0 bridgehead atoms. The van der Waals surface area contributed by atoms with Crippen molar-refractivity contribution in [3.63, 3.8) is 0 Å². The molecule has 0 saturated heterocycles. The van der Waals surface area contributed by atoms with E-state index in [4.69, 9.17) is 9.52 Å². The first-order valence-electron chi connectivity index (χ1n) is 6.09. The fourth-order valence-corrected chi connectivity index (χ4v) is 2.40. The molecule has 0 aromatic carbocycles. The lowest BCUT2D eigenvalue weighted by molar-refractivity contribution is 0.0691. The van der Waals surface area contributed by atoms with E-state index in [9.17, 15) is 9.59 Å². The zero-order chi connectivity index (χ0) is 14.7. The first kappa shape index (κ1) is 14.3. The van der Waals surface area contributed by atoms with Gasteiger partial charge in [-0.2, -0.15) is 0 Å². The minimum atomic E-state index is -1.08. The number of hydrogen-bond acceptors (Lipinski definition) is 5. The zero-order valence-electron chi connectivity index (χ0n) is 11.0. The Hall–Kier alpha value is -2.15. The number of aryl methyl sites for hydroxylation is 1. The van der Waals surface area contributed by atoms with Crippen LogP contribution in [0.5, 0.6) is 0 Å². The lowest BCUT2D eigenvalue weighted by Crippen LogP contribution is -2.26. The molecule has 0 aliphatic rings. The maximum absolute atomic E-state index is 12.0. The molecule has 0 radical (unpaired) electrons. The number of hydrogen-bond donors (Lipinski definition) is 2. The molecular formula is C13H14N2O4S. The topological polar surface area (TPSA) is 92.4 Å². The Bertz CT molecular complexity index is 632. The monoisotopic (exact) mass is 294 g/mol. The molecule has 0 spiro atoms. The lowest BCUT2D eigenvalue weighted by atomic mass is 10.3. The quantitative estimate of drug-likeness (QED) is 0.883. The summed E-state index contributed by atoms with van der Waals surface area (Å²) in [5.74, 6) is -0.442. The molecule has 2 aromatic heterocycles. The summed E-state index contributed by atoms with van der Waals surface area (Å²) in [7, 11) is 0. The van der Waals surface area contributed by atoms with Crippen molar-refractivity contribution in [3.05, 3.63) is 39.7 Å². The third-order valence-corrected chi connectivity index (χ3v) is 3.72. The highest BCUT2D eigenvalue weighted by atomic mass is 32.1. The second-order valence-corrected chi connectivity index (χ2v) is 5.08. The van der Waals surface area contributed by atoms with Gasteiger partial charge in [-0.15, -0.1) is 11.3 Å². The average molecular weight is 294 g/mol. The number of amides is 1. The van der Waals surface area contributed by atoms with Gasteiger partial charge in [0, 0.05) is 11.8 Å². The summed E-state index contributed by atoms with van der Waals surface area (Å²) in [4.78, 5) is 26.7. The van der Waals surface area contributed by atoms with Crippen LogP contribution in [0.25, 0.3) is 0 Å². The van der Waals surface area contributed by atoms with E-state index >= 15 is 0 Å². The van der Waals surface area contributed by atoms with Gasteiger partial charge in [0.15, 0.2) is 11.5 Å². The second-order valence-electron chi connectivity index (χ2n) is 4.19. The van der Waals surface area contributed by atoms with E-state index in [0.29, 0.717) is 5.01 Å². The number of nitrogens with zero attached hydrogens (tertiary/aromatic N) is 1. The van der Waals surface area contributed by atoms with Crippen LogP contribution < -0.4 is 5.32 Å². The zero-order valence-corrected chi connectivity index (χ0v) is 11.9. The van der Waals surface area contributed by atoms with Crippen molar-refractivity contribution < 1.29 is 19.1 Å². The SMILES string of the molecule is CCc1ccc(C(=O)NC(C)c2nc(C(=O)O)cs2)o1. The normalized spacial score (nSPS) is 12.1. The molecule has 2 heterocycles.